The fourth-order valence-corrected chi connectivity index (χ4v) is 2.90. The number of aromatic hydroxyl groups is 1. The Morgan fingerprint density at radius 3 is 2.18 bits per heavy atom. The quantitative estimate of drug-likeness (QED) is 0.787. The van der Waals surface area contributed by atoms with Crippen molar-refractivity contribution in [3.63, 3.8) is 0 Å². The molecule has 1 aliphatic heterocycles. The minimum atomic E-state index is -3.23. The molecule has 1 aromatic rings. The molecule has 2 rings (SSSR count). The zero-order chi connectivity index (χ0) is 15.6. The van der Waals surface area contributed by atoms with Gasteiger partial charge in [-0.2, -0.15) is 0 Å². The summed E-state index contributed by atoms with van der Waals surface area (Å²) in [4.78, 5) is 1.69. The minimum Gasteiger partial charge on any atom is -0.507 e. The third-order valence-electron chi connectivity index (χ3n) is 3.96. The average molecular weight is 337 g/mol. The van der Waals surface area contributed by atoms with Crippen LogP contribution in [0.1, 0.15) is 22.7 Å². The molecule has 0 saturated carbocycles. The maximum absolute atomic E-state index is 14.3. The summed E-state index contributed by atoms with van der Waals surface area (Å²) in [5.74, 6) is -3.10. The number of alkyl halides is 2. The van der Waals surface area contributed by atoms with Crippen LogP contribution in [0.3, 0.4) is 0 Å². The Kier molecular flexibility index (Phi) is 6.55. The number of halogens is 3. The zero-order valence-electron chi connectivity index (χ0n) is 12.8. The van der Waals surface area contributed by atoms with Crippen LogP contribution in [0.2, 0.25) is 0 Å². The molecule has 1 aromatic carbocycles. The molecule has 126 valence electrons. The highest BCUT2D eigenvalue weighted by Crippen LogP contribution is 2.38. The van der Waals surface area contributed by atoms with Gasteiger partial charge in [-0.05, 0) is 30.5 Å². The first kappa shape index (κ1) is 19.1. The van der Waals surface area contributed by atoms with Gasteiger partial charge in [0.15, 0.2) is 0 Å². The van der Waals surface area contributed by atoms with Crippen molar-refractivity contribution >= 4 is 12.4 Å². The number of nitrogens with zero attached hydrogens (tertiary/aromatic N) is 1. The fraction of sp³-hybridized carbons (Fsp3) is 0.600. The Labute approximate surface area is 135 Å². The van der Waals surface area contributed by atoms with Crippen LogP contribution in [0.15, 0.2) is 12.1 Å². The van der Waals surface area contributed by atoms with Crippen molar-refractivity contribution in [1.29, 1.82) is 0 Å². The number of phenols is 1. The second kappa shape index (κ2) is 7.55. The molecule has 0 radical (unpaired) electrons. The smallest absolute Gasteiger partial charge is 0.289 e. The van der Waals surface area contributed by atoms with Crippen molar-refractivity contribution in [1.82, 2.24) is 10.2 Å². The highest BCUT2D eigenvalue weighted by Gasteiger charge is 2.44. The Bertz CT molecular complexity index is 485. The van der Waals surface area contributed by atoms with Crippen LogP contribution >= 0.6 is 12.4 Å². The maximum Gasteiger partial charge on any atom is 0.289 e. The Morgan fingerprint density at radius 2 is 1.73 bits per heavy atom. The highest BCUT2D eigenvalue weighted by atomic mass is 35.5. The predicted molar refractivity (Wildman–Crippen MR) is 84.0 cm³/mol. The first-order valence-electron chi connectivity index (χ1n) is 7.10. The van der Waals surface area contributed by atoms with E-state index in [0.717, 1.165) is 0 Å². The largest absolute Gasteiger partial charge is 0.507 e. The van der Waals surface area contributed by atoms with Crippen molar-refractivity contribution in [2.75, 3.05) is 32.8 Å². The summed E-state index contributed by atoms with van der Waals surface area (Å²) in [6.07, 6.45) is 0. The van der Waals surface area contributed by atoms with Crippen molar-refractivity contribution in [2.45, 2.75) is 25.8 Å². The van der Waals surface area contributed by atoms with Gasteiger partial charge < -0.3 is 15.5 Å². The van der Waals surface area contributed by atoms with Crippen molar-refractivity contribution in [2.24, 2.45) is 0 Å². The van der Waals surface area contributed by atoms with Crippen LogP contribution < -0.4 is 5.32 Å². The van der Waals surface area contributed by atoms with Gasteiger partial charge in [-0.1, -0.05) is 12.1 Å². The Hall–Kier alpha value is -0.950. The summed E-state index contributed by atoms with van der Waals surface area (Å²) >= 11 is 0. The van der Waals surface area contributed by atoms with E-state index in [1.165, 1.54) is 0 Å². The third kappa shape index (κ3) is 3.87. The number of rotatable bonds is 4. The van der Waals surface area contributed by atoms with Crippen molar-refractivity contribution in [3.8, 4) is 5.75 Å². The number of piperazine rings is 1. The lowest BCUT2D eigenvalue weighted by atomic mass is 9.94. The van der Waals surface area contributed by atoms with Crippen LogP contribution in [-0.4, -0.2) is 53.8 Å². The number of benzene rings is 1. The molecule has 0 spiro atoms. The molecule has 1 saturated heterocycles. The van der Waals surface area contributed by atoms with E-state index in [2.05, 4.69) is 5.32 Å². The number of aliphatic hydroxyl groups excluding tert-OH is 1. The SMILES string of the molecule is Cc1cc([C@H](N2CCNCC2)C(F)(F)CO)cc(C)c1O.Cl. The van der Waals surface area contributed by atoms with E-state index in [-0.39, 0.29) is 18.2 Å². The molecular weight excluding hydrogens is 314 g/mol. The summed E-state index contributed by atoms with van der Waals surface area (Å²) in [6, 6.07) is 1.99. The zero-order valence-corrected chi connectivity index (χ0v) is 13.6. The number of hydrogen-bond donors (Lipinski definition) is 3. The summed E-state index contributed by atoms with van der Waals surface area (Å²) < 4.78 is 28.6. The molecule has 0 aliphatic carbocycles. The van der Waals surface area contributed by atoms with E-state index in [1.807, 2.05) is 0 Å². The molecule has 0 bridgehead atoms. The van der Waals surface area contributed by atoms with Gasteiger partial charge >= 0.3 is 0 Å². The summed E-state index contributed by atoms with van der Waals surface area (Å²) in [5.41, 5.74) is 1.57. The molecule has 3 N–H and O–H groups in total. The molecule has 0 unspecified atom stereocenters. The monoisotopic (exact) mass is 336 g/mol. The summed E-state index contributed by atoms with van der Waals surface area (Å²) in [6.45, 7) is 4.48. The standard InChI is InChI=1S/C15H22F2N2O2.ClH/c1-10-7-12(8-11(2)13(10)21)14(15(16,17)9-20)19-5-3-18-4-6-19;/h7-8,14,18,20-21H,3-6,9H2,1-2H3;1H/t14-;/m0./s1. The molecule has 1 aliphatic rings. The third-order valence-corrected chi connectivity index (χ3v) is 3.96. The van der Waals surface area contributed by atoms with E-state index < -0.39 is 18.6 Å². The molecule has 0 amide bonds. The number of aryl methyl sites for hydroxylation is 2. The molecule has 22 heavy (non-hydrogen) atoms. The van der Waals surface area contributed by atoms with Crippen LogP contribution in [0.4, 0.5) is 8.78 Å². The van der Waals surface area contributed by atoms with Crippen LogP contribution in [0, 0.1) is 13.8 Å². The van der Waals surface area contributed by atoms with Crippen molar-refractivity contribution < 1.29 is 19.0 Å². The number of phenolic OH excluding ortho intramolecular Hbond substituents is 1. The molecule has 4 nitrogen and oxygen atoms in total. The first-order chi connectivity index (χ1) is 9.86. The Balaban J connectivity index is 0.00000242. The van der Waals surface area contributed by atoms with E-state index in [4.69, 9.17) is 5.11 Å². The van der Waals surface area contributed by atoms with Crippen LogP contribution in [0.25, 0.3) is 0 Å². The van der Waals surface area contributed by atoms with Gasteiger partial charge in [0.1, 0.15) is 18.4 Å². The number of hydrogen-bond acceptors (Lipinski definition) is 4. The molecule has 1 atom stereocenters. The first-order valence-corrected chi connectivity index (χ1v) is 7.10. The lowest BCUT2D eigenvalue weighted by Gasteiger charge is -2.39. The predicted octanol–water partition coefficient (Wildman–Crippen LogP) is 2.00. The van der Waals surface area contributed by atoms with Gasteiger partial charge in [-0.3, -0.25) is 4.90 Å². The minimum absolute atomic E-state index is 0. The van der Waals surface area contributed by atoms with E-state index in [0.29, 0.717) is 42.9 Å². The van der Waals surface area contributed by atoms with E-state index in [1.54, 1.807) is 30.9 Å². The molecule has 1 fully saturated rings. The second-order valence-corrected chi connectivity index (χ2v) is 5.61. The lowest BCUT2D eigenvalue weighted by molar-refractivity contribution is -0.118. The molecule has 1 heterocycles. The Morgan fingerprint density at radius 1 is 1.23 bits per heavy atom. The van der Waals surface area contributed by atoms with Gasteiger partial charge in [0.05, 0.1) is 0 Å². The van der Waals surface area contributed by atoms with Gasteiger partial charge in [-0.15, -0.1) is 12.4 Å². The van der Waals surface area contributed by atoms with Gasteiger partial charge in [0, 0.05) is 26.2 Å². The molecule has 7 heteroatoms. The average Bonchev–Trinajstić information content (AvgIpc) is 2.46. The molecular formula is C15H23ClF2N2O2. The second-order valence-electron chi connectivity index (χ2n) is 5.61. The topological polar surface area (TPSA) is 55.7 Å². The van der Waals surface area contributed by atoms with Crippen molar-refractivity contribution in [3.05, 3.63) is 28.8 Å². The summed E-state index contributed by atoms with van der Waals surface area (Å²) in [5, 5.41) is 22.1. The van der Waals surface area contributed by atoms with E-state index in [9.17, 15) is 13.9 Å². The molecule has 0 aromatic heterocycles. The summed E-state index contributed by atoms with van der Waals surface area (Å²) in [7, 11) is 0. The fourth-order valence-electron chi connectivity index (χ4n) is 2.90. The highest BCUT2D eigenvalue weighted by molar-refractivity contribution is 5.85. The van der Waals surface area contributed by atoms with Gasteiger partial charge in [0.25, 0.3) is 5.92 Å². The normalized spacial score (nSPS) is 17.9. The lowest BCUT2D eigenvalue weighted by Crippen LogP contribution is -2.51. The van der Waals surface area contributed by atoms with E-state index >= 15 is 0 Å². The number of nitrogens with one attached hydrogen (secondary N) is 1. The van der Waals surface area contributed by atoms with Gasteiger partial charge in [-0.25, -0.2) is 8.78 Å². The van der Waals surface area contributed by atoms with Crippen LogP contribution in [0.5, 0.6) is 5.75 Å². The van der Waals surface area contributed by atoms with Crippen LogP contribution in [-0.2, 0) is 0 Å². The number of aliphatic hydroxyl groups is 1. The maximum atomic E-state index is 14.3. The van der Waals surface area contributed by atoms with Gasteiger partial charge in [0.2, 0.25) is 0 Å².